The quantitative estimate of drug-likeness (QED) is 0.792. The number of hydrogen-bond donors (Lipinski definition) is 1. The van der Waals surface area contributed by atoms with Crippen LogP contribution in [0.15, 0.2) is 24.3 Å². The van der Waals surface area contributed by atoms with Gasteiger partial charge in [-0.05, 0) is 31.5 Å². The van der Waals surface area contributed by atoms with Crippen molar-refractivity contribution in [1.29, 1.82) is 0 Å². The van der Waals surface area contributed by atoms with Crippen LogP contribution in [0.2, 0.25) is 0 Å². The van der Waals surface area contributed by atoms with Crippen molar-refractivity contribution in [2.24, 2.45) is 0 Å². The fourth-order valence-corrected chi connectivity index (χ4v) is 2.14. The van der Waals surface area contributed by atoms with E-state index in [0.29, 0.717) is 0 Å². The number of rotatable bonds is 2. The van der Waals surface area contributed by atoms with Gasteiger partial charge in [0.15, 0.2) is 0 Å². The Kier molecular flexibility index (Phi) is 3.19. The highest BCUT2D eigenvalue weighted by atomic mass is 19.1. The minimum Gasteiger partial charge on any atom is -0.352 e. The summed E-state index contributed by atoms with van der Waals surface area (Å²) in [5.41, 5.74) is 1.27. The zero-order chi connectivity index (χ0) is 12.5. The van der Waals surface area contributed by atoms with Crippen molar-refractivity contribution in [3.05, 3.63) is 35.4 Å². The SMILES string of the molecule is C#Cc1ccc([C@H]2OC(C)(C)N[C@@H]2CF)cc1. The lowest BCUT2D eigenvalue weighted by molar-refractivity contribution is -0.0267. The number of halogens is 1. The summed E-state index contributed by atoms with van der Waals surface area (Å²) in [6.45, 7) is 3.34. The van der Waals surface area contributed by atoms with Crippen molar-refractivity contribution in [1.82, 2.24) is 5.32 Å². The van der Waals surface area contributed by atoms with Crippen LogP contribution >= 0.6 is 0 Å². The first-order chi connectivity index (χ1) is 8.05. The molecule has 17 heavy (non-hydrogen) atoms. The molecule has 0 spiro atoms. The Hall–Kier alpha value is -1.37. The summed E-state index contributed by atoms with van der Waals surface area (Å²) in [5, 5.41) is 3.12. The minimum absolute atomic E-state index is 0.262. The van der Waals surface area contributed by atoms with E-state index >= 15 is 0 Å². The highest BCUT2D eigenvalue weighted by molar-refractivity contribution is 5.35. The molecule has 1 aliphatic rings. The molecular weight excluding hydrogens is 217 g/mol. The molecular formula is C14H16FNO. The molecule has 90 valence electrons. The van der Waals surface area contributed by atoms with Crippen LogP contribution in [0.25, 0.3) is 0 Å². The van der Waals surface area contributed by atoms with Gasteiger partial charge >= 0.3 is 0 Å². The molecule has 0 radical (unpaired) electrons. The Bertz CT molecular complexity index is 433. The van der Waals surface area contributed by atoms with Crippen LogP contribution in [0, 0.1) is 12.3 Å². The first-order valence-corrected chi connectivity index (χ1v) is 5.64. The van der Waals surface area contributed by atoms with E-state index in [4.69, 9.17) is 11.2 Å². The summed E-state index contributed by atoms with van der Waals surface area (Å²) in [6, 6.07) is 7.18. The van der Waals surface area contributed by atoms with Gasteiger partial charge < -0.3 is 4.74 Å². The predicted molar refractivity (Wildman–Crippen MR) is 65.2 cm³/mol. The fourth-order valence-electron chi connectivity index (χ4n) is 2.14. The molecule has 1 aromatic rings. The van der Waals surface area contributed by atoms with Crippen molar-refractivity contribution in [3.8, 4) is 12.3 Å². The van der Waals surface area contributed by atoms with Crippen molar-refractivity contribution in [2.45, 2.75) is 31.7 Å². The zero-order valence-electron chi connectivity index (χ0n) is 10.0. The van der Waals surface area contributed by atoms with Crippen molar-refractivity contribution in [2.75, 3.05) is 6.67 Å². The van der Waals surface area contributed by atoms with E-state index in [2.05, 4.69) is 11.2 Å². The lowest BCUT2D eigenvalue weighted by Gasteiger charge is -2.18. The summed E-state index contributed by atoms with van der Waals surface area (Å²) in [5.74, 6) is 2.56. The van der Waals surface area contributed by atoms with Gasteiger partial charge in [-0.15, -0.1) is 6.42 Å². The Labute approximate surface area is 101 Å². The van der Waals surface area contributed by atoms with Crippen LogP contribution in [0.5, 0.6) is 0 Å². The highest BCUT2D eigenvalue weighted by Crippen LogP contribution is 2.33. The molecule has 1 heterocycles. The van der Waals surface area contributed by atoms with Gasteiger partial charge in [-0.1, -0.05) is 18.1 Å². The Balaban J connectivity index is 2.24. The summed E-state index contributed by atoms with van der Waals surface area (Å²) < 4.78 is 18.8. The lowest BCUT2D eigenvalue weighted by Crippen LogP contribution is -2.39. The molecule has 1 saturated heterocycles. The van der Waals surface area contributed by atoms with Crippen LogP contribution in [-0.2, 0) is 4.74 Å². The molecule has 0 bridgehead atoms. The number of hydrogen-bond acceptors (Lipinski definition) is 2. The van der Waals surface area contributed by atoms with Gasteiger partial charge in [0.05, 0.1) is 6.04 Å². The first kappa shape index (κ1) is 12.1. The summed E-state index contributed by atoms with van der Waals surface area (Å²) in [6.07, 6.45) is 5.03. The smallest absolute Gasteiger partial charge is 0.114 e. The van der Waals surface area contributed by atoms with Gasteiger partial charge in [0.1, 0.15) is 18.5 Å². The van der Waals surface area contributed by atoms with E-state index < -0.39 is 12.4 Å². The van der Waals surface area contributed by atoms with Crippen molar-refractivity contribution in [3.63, 3.8) is 0 Å². The third kappa shape index (κ3) is 2.49. The minimum atomic E-state index is -0.494. The second kappa shape index (κ2) is 4.48. The molecule has 2 nitrogen and oxygen atoms in total. The van der Waals surface area contributed by atoms with Crippen LogP contribution < -0.4 is 5.32 Å². The van der Waals surface area contributed by atoms with Gasteiger partial charge in [0.25, 0.3) is 0 Å². The lowest BCUT2D eigenvalue weighted by atomic mass is 10.0. The molecule has 3 heteroatoms. The summed E-state index contributed by atoms with van der Waals surface area (Å²) in [4.78, 5) is 0. The third-order valence-electron chi connectivity index (χ3n) is 2.89. The molecule has 1 aromatic carbocycles. The summed E-state index contributed by atoms with van der Waals surface area (Å²) in [7, 11) is 0. The standard InChI is InChI=1S/C14H16FNO/c1-4-10-5-7-11(8-6-10)13-12(9-15)16-14(2,3)17-13/h1,5-8,12-13,16H,9H2,2-3H3/t12-,13-/m1/s1. The van der Waals surface area contributed by atoms with Crippen molar-refractivity contribution < 1.29 is 9.13 Å². The molecule has 0 saturated carbocycles. The van der Waals surface area contributed by atoms with Crippen LogP contribution in [0.4, 0.5) is 4.39 Å². The Morgan fingerprint density at radius 1 is 1.41 bits per heavy atom. The Morgan fingerprint density at radius 3 is 2.59 bits per heavy atom. The molecule has 0 aromatic heterocycles. The average Bonchev–Trinajstić information content (AvgIpc) is 2.65. The number of ether oxygens (including phenoxy) is 1. The molecule has 1 fully saturated rings. The van der Waals surface area contributed by atoms with Crippen molar-refractivity contribution >= 4 is 0 Å². The molecule has 0 unspecified atom stereocenters. The van der Waals surface area contributed by atoms with Crippen LogP contribution in [0.3, 0.4) is 0 Å². The maximum atomic E-state index is 12.9. The molecule has 2 rings (SSSR count). The van der Waals surface area contributed by atoms with Gasteiger partial charge in [0.2, 0.25) is 0 Å². The van der Waals surface area contributed by atoms with Gasteiger partial charge in [-0.2, -0.15) is 0 Å². The normalized spacial score (nSPS) is 26.7. The molecule has 0 amide bonds. The van der Waals surface area contributed by atoms with E-state index in [-0.39, 0.29) is 12.1 Å². The molecule has 0 aliphatic carbocycles. The van der Waals surface area contributed by atoms with E-state index in [0.717, 1.165) is 11.1 Å². The monoisotopic (exact) mass is 233 g/mol. The van der Waals surface area contributed by atoms with Gasteiger partial charge in [-0.25, -0.2) is 4.39 Å². The molecule has 1 aliphatic heterocycles. The van der Waals surface area contributed by atoms with Crippen LogP contribution in [-0.4, -0.2) is 18.4 Å². The number of nitrogens with one attached hydrogen (secondary N) is 1. The highest BCUT2D eigenvalue weighted by Gasteiger charge is 2.40. The molecule has 2 atom stereocenters. The Morgan fingerprint density at radius 2 is 2.06 bits per heavy atom. The van der Waals surface area contributed by atoms with E-state index in [1.807, 2.05) is 38.1 Å². The maximum absolute atomic E-state index is 12.9. The second-order valence-corrected chi connectivity index (χ2v) is 4.72. The van der Waals surface area contributed by atoms with Crippen LogP contribution in [0.1, 0.15) is 31.1 Å². The average molecular weight is 233 g/mol. The number of alkyl halides is 1. The zero-order valence-corrected chi connectivity index (χ0v) is 10.0. The number of benzene rings is 1. The predicted octanol–water partition coefficient (Wildman–Crippen LogP) is 2.40. The topological polar surface area (TPSA) is 21.3 Å². The fraction of sp³-hybridized carbons (Fsp3) is 0.429. The summed E-state index contributed by atoms with van der Waals surface area (Å²) >= 11 is 0. The largest absolute Gasteiger partial charge is 0.352 e. The van der Waals surface area contributed by atoms with E-state index in [1.54, 1.807) is 0 Å². The van der Waals surface area contributed by atoms with Gasteiger partial charge in [-0.3, -0.25) is 5.32 Å². The maximum Gasteiger partial charge on any atom is 0.114 e. The third-order valence-corrected chi connectivity index (χ3v) is 2.89. The first-order valence-electron chi connectivity index (χ1n) is 5.64. The van der Waals surface area contributed by atoms with Gasteiger partial charge in [0, 0.05) is 5.56 Å². The van der Waals surface area contributed by atoms with E-state index in [1.165, 1.54) is 0 Å². The second-order valence-electron chi connectivity index (χ2n) is 4.72. The van der Waals surface area contributed by atoms with E-state index in [9.17, 15) is 4.39 Å². The molecule has 1 N–H and O–H groups in total. The number of terminal acetylenes is 1.